The van der Waals surface area contributed by atoms with Crippen LogP contribution in [0.4, 0.5) is 0 Å². The van der Waals surface area contributed by atoms with Gasteiger partial charge in [0.15, 0.2) is 0 Å². The second-order valence-electron chi connectivity index (χ2n) is 4.50. The van der Waals surface area contributed by atoms with Crippen molar-refractivity contribution in [1.82, 2.24) is 0 Å². The van der Waals surface area contributed by atoms with Gasteiger partial charge in [-0.15, -0.1) is 0 Å². The maximum atomic E-state index is 10.1. The van der Waals surface area contributed by atoms with E-state index in [4.69, 9.17) is 0 Å². The van der Waals surface area contributed by atoms with Crippen molar-refractivity contribution in [3.05, 3.63) is 0 Å². The van der Waals surface area contributed by atoms with Gasteiger partial charge in [0.25, 0.3) is 0 Å². The second-order valence-corrected chi connectivity index (χ2v) is 6.08. The van der Waals surface area contributed by atoms with Gasteiger partial charge in [0.05, 0.1) is 5.60 Å². The van der Waals surface area contributed by atoms with E-state index >= 15 is 0 Å². The molecule has 0 amide bonds. The number of hydrogen-bond acceptors (Lipinski definition) is 1. The van der Waals surface area contributed by atoms with Crippen molar-refractivity contribution in [3.63, 3.8) is 0 Å². The van der Waals surface area contributed by atoms with Crippen LogP contribution in [0.5, 0.6) is 0 Å². The summed E-state index contributed by atoms with van der Waals surface area (Å²) in [5.41, 5.74) is -0.432. The minimum atomic E-state index is -0.432. The van der Waals surface area contributed by atoms with Gasteiger partial charge in [-0.25, -0.2) is 0 Å². The third-order valence-corrected chi connectivity index (χ3v) is 3.82. The average molecular weight is 344 g/mol. The number of alkyl halides is 2. The zero-order valence-electron chi connectivity index (χ0n) is 9.77. The highest BCUT2D eigenvalue weighted by atomic mass is 79.9. The first-order valence-corrected chi connectivity index (χ1v) is 8.21. The molecule has 0 aromatic heterocycles. The molecule has 15 heavy (non-hydrogen) atoms. The van der Waals surface area contributed by atoms with Crippen LogP contribution in [0.15, 0.2) is 0 Å². The standard InChI is InChI=1S/C12H24Br2O/c1-12(15,8-4-2-6-10-13)9-5-3-7-11-14/h15H,2-11H2,1H3. The van der Waals surface area contributed by atoms with E-state index in [9.17, 15) is 5.11 Å². The molecule has 0 aromatic carbocycles. The van der Waals surface area contributed by atoms with E-state index in [1.165, 1.54) is 25.7 Å². The van der Waals surface area contributed by atoms with Gasteiger partial charge in [0, 0.05) is 10.7 Å². The van der Waals surface area contributed by atoms with Crippen LogP contribution in [-0.4, -0.2) is 21.4 Å². The molecule has 0 fully saturated rings. The van der Waals surface area contributed by atoms with Crippen LogP contribution in [0, 0.1) is 0 Å². The van der Waals surface area contributed by atoms with Crippen molar-refractivity contribution in [2.24, 2.45) is 0 Å². The van der Waals surface area contributed by atoms with Gasteiger partial charge in [-0.2, -0.15) is 0 Å². The van der Waals surface area contributed by atoms with Crippen LogP contribution < -0.4 is 0 Å². The van der Waals surface area contributed by atoms with Gasteiger partial charge < -0.3 is 5.11 Å². The molecule has 3 heteroatoms. The molecule has 92 valence electrons. The molecule has 0 bridgehead atoms. The van der Waals surface area contributed by atoms with Crippen LogP contribution in [0.3, 0.4) is 0 Å². The van der Waals surface area contributed by atoms with Crippen molar-refractivity contribution in [3.8, 4) is 0 Å². The topological polar surface area (TPSA) is 20.2 Å². The predicted octanol–water partition coefficient (Wildman–Crippen LogP) is 4.65. The average Bonchev–Trinajstić information content (AvgIpc) is 2.20. The number of unbranched alkanes of at least 4 members (excludes halogenated alkanes) is 4. The van der Waals surface area contributed by atoms with E-state index in [0.29, 0.717) is 0 Å². The lowest BCUT2D eigenvalue weighted by molar-refractivity contribution is 0.0369. The Hall–Kier alpha value is 0.920. The Morgan fingerprint density at radius 1 is 0.800 bits per heavy atom. The Labute approximate surface area is 111 Å². The first-order chi connectivity index (χ1) is 7.12. The highest BCUT2D eigenvalue weighted by Crippen LogP contribution is 2.21. The third kappa shape index (κ3) is 11.2. The smallest absolute Gasteiger partial charge is 0.0619 e. The summed E-state index contributed by atoms with van der Waals surface area (Å²) in [5, 5.41) is 12.3. The highest BCUT2D eigenvalue weighted by Gasteiger charge is 2.18. The largest absolute Gasteiger partial charge is 0.390 e. The predicted molar refractivity (Wildman–Crippen MR) is 75.1 cm³/mol. The molecule has 1 nitrogen and oxygen atoms in total. The van der Waals surface area contributed by atoms with E-state index < -0.39 is 5.60 Å². The molecule has 1 N–H and O–H groups in total. The molecular weight excluding hydrogens is 320 g/mol. The van der Waals surface area contributed by atoms with Crippen LogP contribution in [-0.2, 0) is 0 Å². The fraction of sp³-hybridized carbons (Fsp3) is 1.00. The molecule has 0 saturated heterocycles. The van der Waals surface area contributed by atoms with Crippen LogP contribution in [0.1, 0.15) is 58.3 Å². The molecular formula is C12H24Br2O. The number of hydrogen-bond donors (Lipinski definition) is 1. The summed E-state index contributed by atoms with van der Waals surface area (Å²) in [6.07, 6.45) is 9.10. The normalized spacial score (nSPS) is 12.0. The van der Waals surface area contributed by atoms with E-state index in [-0.39, 0.29) is 0 Å². The quantitative estimate of drug-likeness (QED) is 0.452. The lowest BCUT2D eigenvalue weighted by atomic mass is 9.92. The zero-order chi connectivity index (χ0) is 11.6. The second kappa shape index (κ2) is 10.1. The van der Waals surface area contributed by atoms with Gasteiger partial charge in [-0.05, 0) is 32.6 Å². The summed E-state index contributed by atoms with van der Waals surface area (Å²) in [7, 11) is 0. The highest BCUT2D eigenvalue weighted by molar-refractivity contribution is 9.09. The zero-order valence-corrected chi connectivity index (χ0v) is 12.9. The van der Waals surface area contributed by atoms with Crippen molar-refractivity contribution in [1.29, 1.82) is 0 Å². The molecule has 0 atom stereocenters. The summed E-state index contributed by atoms with van der Waals surface area (Å²) in [4.78, 5) is 0. The Kier molecular flexibility index (Phi) is 10.7. The minimum absolute atomic E-state index is 0.432. The Bertz CT molecular complexity index is 124. The monoisotopic (exact) mass is 342 g/mol. The van der Waals surface area contributed by atoms with Crippen molar-refractivity contribution < 1.29 is 5.11 Å². The number of halogens is 2. The fourth-order valence-corrected chi connectivity index (χ4v) is 2.47. The SMILES string of the molecule is CC(O)(CCCCCBr)CCCCCBr. The summed E-state index contributed by atoms with van der Waals surface area (Å²) >= 11 is 6.84. The van der Waals surface area contributed by atoms with E-state index in [2.05, 4.69) is 31.9 Å². The Morgan fingerprint density at radius 3 is 1.53 bits per heavy atom. The number of aliphatic hydroxyl groups is 1. The van der Waals surface area contributed by atoms with E-state index in [1.807, 2.05) is 6.92 Å². The van der Waals surface area contributed by atoms with Gasteiger partial charge >= 0.3 is 0 Å². The fourth-order valence-electron chi connectivity index (χ4n) is 1.68. The van der Waals surface area contributed by atoms with Crippen molar-refractivity contribution in [2.75, 3.05) is 10.7 Å². The maximum absolute atomic E-state index is 10.1. The minimum Gasteiger partial charge on any atom is -0.390 e. The summed E-state index contributed by atoms with van der Waals surface area (Å²) < 4.78 is 0. The van der Waals surface area contributed by atoms with Crippen LogP contribution in [0.25, 0.3) is 0 Å². The Morgan fingerprint density at radius 2 is 1.20 bits per heavy atom. The Balaban J connectivity index is 3.40. The lowest BCUT2D eigenvalue weighted by Gasteiger charge is -2.23. The molecule has 0 spiro atoms. The molecule has 0 unspecified atom stereocenters. The molecule has 0 heterocycles. The van der Waals surface area contributed by atoms with Gasteiger partial charge in [-0.3, -0.25) is 0 Å². The first-order valence-electron chi connectivity index (χ1n) is 5.97. The molecule has 0 aliphatic heterocycles. The van der Waals surface area contributed by atoms with E-state index in [1.54, 1.807) is 0 Å². The van der Waals surface area contributed by atoms with Gasteiger partial charge in [0.2, 0.25) is 0 Å². The van der Waals surface area contributed by atoms with Gasteiger partial charge in [-0.1, -0.05) is 57.5 Å². The van der Waals surface area contributed by atoms with Crippen LogP contribution >= 0.6 is 31.9 Å². The van der Waals surface area contributed by atoms with Crippen molar-refractivity contribution >= 4 is 31.9 Å². The lowest BCUT2D eigenvalue weighted by Crippen LogP contribution is -2.23. The molecule has 0 rings (SSSR count). The van der Waals surface area contributed by atoms with Crippen molar-refractivity contribution in [2.45, 2.75) is 63.9 Å². The van der Waals surface area contributed by atoms with E-state index in [0.717, 1.165) is 36.3 Å². The summed E-state index contributed by atoms with van der Waals surface area (Å²) in [6.45, 7) is 1.98. The maximum Gasteiger partial charge on any atom is 0.0619 e. The summed E-state index contributed by atoms with van der Waals surface area (Å²) in [5.74, 6) is 0. The van der Waals surface area contributed by atoms with Gasteiger partial charge in [0.1, 0.15) is 0 Å². The molecule has 0 saturated carbocycles. The third-order valence-electron chi connectivity index (χ3n) is 2.70. The molecule has 0 aromatic rings. The first kappa shape index (κ1) is 15.9. The molecule has 0 aliphatic carbocycles. The van der Waals surface area contributed by atoms with Crippen LogP contribution in [0.2, 0.25) is 0 Å². The number of rotatable bonds is 10. The molecule has 0 aliphatic rings. The molecule has 0 radical (unpaired) electrons. The summed E-state index contributed by atoms with van der Waals surface area (Å²) in [6, 6.07) is 0.